The smallest absolute Gasteiger partial charge is 0.115 e. The van der Waals surface area contributed by atoms with E-state index in [1.54, 1.807) is 23.9 Å². The van der Waals surface area contributed by atoms with Crippen molar-refractivity contribution >= 4 is 0 Å². The van der Waals surface area contributed by atoms with Gasteiger partial charge in [-0.3, -0.25) is 4.68 Å². The lowest BCUT2D eigenvalue weighted by atomic mass is 10.0. The van der Waals surface area contributed by atoms with Crippen LogP contribution in [-0.2, 0) is 12.1 Å². The average molecular weight is 169 g/mol. The summed E-state index contributed by atoms with van der Waals surface area (Å²) in [4.78, 5) is 0. The third-order valence-corrected chi connectivity index (χ3v) is 1.97. The Morgan fingerprint density at radius 3 is 2.92 bits per heavy atom. The van der Waals surface area contributed by atoms with Gasteiger partial charge in [-0.15, -0.1) is 0 Å². The van der Waals surface area contributed by atoms with Crippen molar-refractivity contribution in [3.05, 3.63) is 18.0 Å². The lowest BCUT2D eigenvalue weighted by molar-refractivity contribution is 0.0571. The van der Waals surface area contributed by atoms with Crippen molar-refractivity contribution in [2.24, 2.45) is 5.73 Å². The van der Waals surface area contributed by atoms with Crippen LogP contribution in [0.3, 0.4) is 0 Å². The Morgan fingerprint density at radius 2 is 2.42 bits per heavy atom. The molecule has 1 rings (SSSR count). The summed E-state index contributed by atoms with van der Waals surface area (Å²) in [6.07, 6.45) is 1.67. The molecule has 1 heterocycles. The minimum absolute atomic E-state index is 0.207. The molecular weight excluding hydrogens is 154 g/mol. The van der Waals surface area contributed by atoms with E-state index in [0.717, 1.165) is 12.2 Å². The van der Waals surface area contributed by atoms with Gasteiger partial charge < -0.3 is 10.8 Å². The molecule has 0 bridgehead atoms. The molecule has 4 heteroatoms. The van der Waals surface area contributed by atoms with Gasteiger partial charge in [-0.05, 0) is 19.9 Å². The zero-order chi connectivity index (χ0) is 9.19. The van der Waals surface area contributed by atoms with Crippen LogP contribution in [0.15, 0.2) is 12.3 Å². The van der Waals surface area contributed by atoms with E-state index in [4.69, 9.17) is 5.73 Å². The fraction of sp³-hybridized carbons (Fsp3) is 0.625. The molecule has 0 aliphatic heterocycles. The number of aryl methyl sites for hydroxylation is 1. The highest BCUT2D eigenvalue weighted by Gasteiger charge is 2.24. The van der Waals surface area contributed by atoms with Crippen molar-refractivity contribution in [2.75, 3.05) is 6.54 Å². The molecule has 0 spiro atoms. The van der Waals surface area contributed by atoms with Crippen LogP contribution in [0.4, 0.5) is 0 Å². The van der Waals surface area contributed by atoms with E-state index in [1.165, 1.54) is 0 Å². The molecule has 0 fully saturated rings. The maximum atomic E-state index is 9.81. The number of nitrogens with zero attached hydrogens (tertiary/aromatic N) is 2. The number of nitrogens with two attached hydrogens (primary N) is 1. The molecule has 68 valence electrons. The maximum Gasteiger partial charge on any atom is 0.115 e. The van der Waals surface area contributed by atoms with Crippen LogP contribution in [0.5, 0.6) is 0 Å². The molecule has 1 atom stereocenters. The van der Waals surface area contributed by atoms with Crippen molar-refractivity contribution < 1.29 is 5.11 Å². The van der Waals surface area contributed by atoms with Crippen LogP contribution in [0.25, 0.3) is 0 Å². The van der Waals surface area contributed by atoms with E-state index in [0.29, 0.717) is 0 Å². The highest BCUT2D eigenvalue weighted by molar-refractivity contribution is 5.10. The molecule has 0 saturated heterocycles. The summed E-state index contributed by atoms with van der Waals surface area (Å²) < 4.78 is 1.74. The van der Waals surface area contributed by atoms with E-state index in [2.05, 4.69) is 5.10 Å². The summed E-state index contributed by atoms with van der Waals surface area (Å²) >= 11 is 0. The monoisotopic (exact) mass is 169 g/mol. The van der Waals surface area contributed by atoms with E-state index in [9.17, 15) is 5.11 Å². The number of aliphatic hydroxyl groups is 1. The fourth-order valence-corrected chi connectivity index (χ4v) is 1.15. The SMILES string of the molecule is CCn1nccc1C(C)(O)CN. The molecule has 1 aromatic rings. The molecule has 0 aromatic carbocycles. The van der Waals surface area contributed by atoms with Gasteiger partial charge >= 0.3 is 0 Å². The van der Waals surface area contributed by atoms with Crippen LogP contribution >= 0.6 is 0 Å². The summed E-state index contributed by atoms with van der Waals surface area (Å²) in [7, 11) is 0. The second kappa shape index (κ2) is 3.25. The molecular formula is C8H15N3O. The molecule has 0 aliphatic carbocycles. The Hall–Kier alpha value is -0.870. The van der Waals surface area contributed by atoms with Crippen molar-refractivity contribution in [1.82, 2.24) is 9.78 Å². The predicted octanol–water partition coefficient (Wildman–Crippen LogP) is 0.0692. The zero-order valence-corrected chi connectivity index (χ0v) is 7.49. The van der Waals surface area contributed by atoms with Crippen molar-refractivity contribution in [1.29, 1.82) is 0 Å². The van der Waals surface area contributed by atoms with Gasteiger partial charge in [0.15, 0.2) is 0 Å². The topological polar surface area (TPSA) is 64.1 Å². The Morgan fingerprint density at radius 1 is 1.75 bits per heavy atom. The van der Waals surface area contributed by atoms with Gasteiger partial charge in [0.2, 0.25) is 0 Å². The number of aromatic nitrogens is 2. The number of hydrogen-bond acceptors (Lipinski definition) is 3. The molecule has 0 radical (unpaired) electrons. The normalized spacial score (nSPS) is 16.0. The minimum Gasteiger partial charge on any atom is -0.383 e. The molecule has 3 N–H and O–H groups in total. The molecule has 12 heavy (non-hydrogen) atoms. The van der Waals surface area contributed by atoms with Crippen molar-refractivity contribution in [3.8, 4) is 0 Å². The van der Waals surface area contributed by atoms with Gasteiger partial charge in [0.05, 0.1) is 5.69 Å². The van der Waals surface area contributed by atoms with Crippen LogP contribution in [0.2, 0.25) is 0 Å². The summed E-state index contributed by atoms with van der Waals surface area (Å²) in [5, 5.41) is 13.9. The molecule has 1 aromatic heterocycles. The van der Waals surface area contributed by atoms with Gasteiger partial charge in [-0.2, -0.15) is 5.10 Å². The van der Waals surface area contributed by atoms with Gasteiger partial charge in [-0.25, -0.2) is 0 Å². The van der Waals surface area contributed by atoms with Gasteiger partial charge in [0.25, 0.3) is 0 Å². The molecule has 1 unspecified atom stereocenters. The van der Waals surface area contributed by atoms with Crippen LogP contribution in [-0.4, -0.2) is 21.4 Å². The Labute approximate surface area is 72.0 Å². The van der Waals surface area contributed by atoms with Gasteiger partial charge in [0.1, 0.15) is 5.60 Å². The third kappa shape index (κ3) is 1.49. The molecule has 4 nitrogen and oxygen atoms in total. The number of hydrogen-bond donors (Lipinski definition) is 2. The van der Waals surface area contributed by atoms with E-state index >= 15 is 0 Å². The van der Waals surface area contributed by atoms with Crippen molar-refractivity contribution in [2.45, 2.75) is 26.0 Å². The lowest BCUT2D eigenvalue weighted by Crippen LogP contribution is -2.33. The first-order chi connectivity index (χ1) is 5.61. The summed E-state index contributed by atoms with van der Waals surface area (Å²) in [6.45, 7) is 4.62. The Balaban J connectivity index is 3.00. The lowest BCUT2D eigenvalue weighted by Gasteiger charge is -2.21. The first-order valence-electron chi connectivity index (χ1n) is 4.06. The predicted molar refractivity (Wildman–Crippen MR) is 46.5 cm³/mol. The zero-order valence-electron chi connectivity index (χ0n) is 7.49. The quantitative estimate of drug-likeness (QED) is 0.673. The van der Waals surface area contributed by atoms with Gasteiger partial charge in [0, 0.05) is 19.3 Å². The number of rotatable bonds is 3. The first kappa shape index (κ1) is 9.22. The summed E-state index contributed by atoms with van der Waals surface area (Å²) in [5.41, 5.74) is 5.24. The van der Waals surface area contributed by atoms with Crippen LogP contribution in [0.1, 0.15) is 19.5 Å². The van der Waals surface area contributed by atoms with Crippen LogP contribution < -0.4 is 5.73 Å². The third-order valence-electron chi connectivity index (χ3n) is 1.97. The van der Waals surface area contributed by atoms with Gasteiger partial charge in [-0.1, -0.05) is 0 Å². The highest BCUT2D eigenvalue weighted by atomic mass is 16.3. The van der Waals surface area contributed by atoms with E-state index in [1.807, 2.05) is 6.92 Å². The minimum atomic E-state index is -0.966. The standard InChI is InChI=1S/C8H15N3O/c1-3-11-7(4-5-10-11)8(2,12)6-9/h4-5,12H,3,6,9H2,1-2H3. The fourth-order valence-electron chi connectivity index (χ4n) is 1.15. The summed E-state index contributed by atoms with van der Waals surface area (Å²) in [6, 6.07) is 1.79. The second-order valence-corrected chi connectivity index (χ2v) is 3.01. The summed E-state index contributed by atoms with van der Waals surface area (Å²) in [5.74, 6) is 0. The average Bonchev–Trinajstić information content (AvgIpc) is 2.52. The Bertz CT molecular complexity index is 255. The van der Waals surface area contributed by atoms with Crippen molar-refractivity contribution in [3.63, 3.8) is 0 Å². The highest BCUT2D eigenvalue weighted by Crippen LogP contribution is 2.17. The largest absolute Gasteiger partial charge is 0.383 e. The first-order valence-corrected chi connectivity index (χ1v) is 4.06. The molecule has 0 saturated carbocycles. The van der Waals surface area contributed by atoms with E-state index in [-0.39, 0.29) is 6.54 Å². The second-order valence-electron chi connectivity index (χ2n) is 3.01. The van der Waals surface area contributed by atoms with Crippen LogP contribution in [0, 0.1) is 0 Å². The maximum absolute atomic E-state index is 9.81. The Kier molecular flexibility index (Phi) is 2.49. The van der Waals surface area contributed by atoms with E-state index < -0.39 is 5.60 Å². The molecule has 0 amide bonds. The molecule has 0 aliphatic rings.